The van der Waals surface area contributed by atoms with E-state index in [9.17, 15) is 14.7 Å². The number of unbranched alkanes of at least 4 members (excludes halogenated alkanes) is 2. The molecule has 1 N–H and O–H groups in total. The molecule has 0 unspecified atom stereocenters. The molecular formula is C20H28O4. The molecule has 1 atom stereocenters. The van der Waals surface area contributed by atoms with E-state index < -0.39 is 11.5 Å². The summed E-state index contributed by atoms with van der Waals surface area (Å²) in [6, 6.07) is 3.56. The fourth-order valence-corrected chi connectivity index (χ4v) is 3.38. The largest absolute Gasteiger partial charge is 0.507 e. The Bertz CT molecular complexity index is 631. The van der Waals surface area contributed by atoms with Crippen molar-refractivity contribution in [3.05, 3.63) is 23.3 Å². The first-order chi connectivity index (χ1) is 11.3. The van der Waals surface area contributed by atoms with Gasteiger partial charge in [-0.25, -0.2) is 0 Å². The number of ether oxygens (including phenoxy) is 1. The van der Waals surface area contributed by atoms with Crippen molar-refractivity contribution in [3.8, 4) is 11.5 Å². The topological polar surface area (TPSA) is 63.6 Å². The summed E-state index contributed by atoms with van der Waals surface area (Å²) in [6.45, 7) is 7.42. The van der Waals surface area contributed by atoms with E-state index in [-0.39, 0.29) is 22.9 Å². The molecule has 0 saturated carbocycles. The number of carbonyl (C=O) groups excluding carboxylic acids is 2. The van der Waals surface area contributed by atoms with Crippen molar-refractivity contribution in [2.45, 2.75) is 71.8 Å². The van der Waals surface area contributed by atoms with Crippen LogP contribution in [0.15, 0.2) is 12.1 Å². The smallest absolute Gasteiger partial charge is 0.177 e. The summed E-state index contributed by atoms with van der Waals surface area (Å²) >= 11 is 0. The third-order valence-electron chi connectivity index (χ3n) is 4.77. The van der Waals surface area contributed by atoms with Crippen molar-refractivity contribution in [2.75, 3.05) is 0 Å². The number of benzene rings is 1. The summed E-state index contributed by atoms with van der Waals surface area (Å²) < 4.78 is 6.07. The Morgan fingerprint density at radius 3 is 2.62 bits per heavy atom. The van der Waals surface area contributed by atoms with Crippen LogP contribution in [0.25, 0.3) is 0 Å². The van der Waals surface area contributed by atoms with Crippen LogP contribution in [0.3, 0.4) is 0 Å². The van der Waals surface area contributed by atoms with Gasteiger partial charge in [-0.15, -0.1) is 0 Å². The molecule has 4 heteroatoms. The molecule has 24 heavy (non-hydrogen) atoms. The van der Waals surface area contributed by atoms with Crippen LogP contribution in [-0.2, 0) is 11.2 Å². The maximum absolute atomic E-state index is 12.9. The molecule has 4 nitrogen and oxygen atoms in total. The molecule has 1 aromatic carbocycles. The zero-order chi connectivity index (χ0) is 17.9. The van der Waals surface area contributed by atoms with Gasteiger partial charge in [0.1, 0.15) is 28.4 Å². The molecule has 1 heterocycles. The molecule has 132 valence electrons. The molecular weight excluding hydrogens is 304 g/mol. The highest BCUT2D eigenvalue weighted by molar-refractivity contribution is 6.04. The molecule has 0 aromatic heterocycles. The minimum absolute atomic E-state index is 0.00711. The number of carbonyl (C=O) groups is 2. The van der Waals surface area contributed by atoms with Gasteiger partial charge in [-0.3, -0.25) is 4.79 Å². The van der Waals surface area contributed by atoms with Gasteiger partial charge in [0.15, 0.2) is 5.78 Å². The Morgan fingerprint density at radius 1 is 1.29 bits per heavy atom. The molecule has 0 spiro atoms. The Balaban J connectivity index is 2.30. The van der Waals surface area contributed by atoms with Crippen molar-refractivity contribution >= 4 is 11.6 Å². The highest BCUT2D eigenvalue weighted by Crippen LogP contribution is 2.43. The highest BCUT2D eigenvalue weighted by atomic mass is 16.5. The molecule has 1 aliphatic heterocycles. The van der Waals surface area contributed by atoms with Crippen LogP contribution < -0.4 is 4.74 Å². The lowest BCUT2D eigenvalue weighted by Crippen LogP contribution is -2.46. The molecule has 0 bridgehead atoms. The maximum Gasteiger partial charge on any atom is 0.177 e. The maximum atomic E-state index is 12.9. The number of hydrogen-bond acceptors (Lipinski definition) is 4. The van der Waals surface area contributed by atoms with Crippen molar-refractivity contribution in [2.24, 2.45) is 5.92 Å². The first-order valence-electron chi connectivity index (χ1n) is 8.84. The first-order valence-corrected chi connectivity index (χ1v) is 8.84. The van der Waals surface area contributed by atoms with Gasteiger partial charge in [-0.05, 0) is 57.7 Å². The first kappa shape index (κ1) is 18.5. The number of fused-ring (bicyclic) bond motifs is 1. The summed E-state index contributed by atoms with van der Waals surface area (Å²) in [7, 11) is 0. The Kier molecular flexibility index (Phi) is 5.68. The summed E-state index contributed by atoms with van der Waals surface area (Å²) in [6.07, 6.45) is 4.97. The molecule has 0 amide bonds. The SMILES string of the molecule is CCCCCc1cc(O)c2c(c1)OC(C)(C)[C@@H](CCC(C)=O)C2=O. The molecule has 0 fully saturated rings. The second-order valence-corrected chi connectivity index (χ2v) is 7.31. The molecule has 1 aliphatic rings. The van der Waals surface area contributed by atoms with Gasteiger partial charge in [-0.2, -0.15) is 0 Å². The molecule has 0 radical (unpaired) electrons. The van der Waals surface area contributed by atoms with E-state index in [1.54, 1.807) is 6.07 Å². The second kappa shape index (κ2) is 7.37. The number of rotatable bonds is 7. The third-order valence-corrected chi connectivity index (χ3v) is 4.77. The number of aryl methyl sites for hydroxylation is 1. The van der Waals surface area contributed by atoms with Gasteiger partial charge < -0.3 is 14.6 Å². The minimum atomic E-state index is -0.686. The lowest BCUT2D eigenvalue weighted by molar-refractivity contribution is -0.117. The van der Waals surface area contributed by atoms with Crippen LogP contribution in [0, 0.1) is 5.92 Å². The van der Waals surface area contributed by atoms with E-state index in [0.29, 0.717) is 18.6 Å². The van der Waals surface area contributed by atoms with E-state index in [1.165, 1.54) is 6.92 Å². The fourth-order valence-electron chi connectivity index (χ4n) is 3.38. The average Bonchev–Trinajstić information content (AvgIpc) is 2.45. The van der Waals surface area contributed by atoms with Crippen LogP contribution >= 0.6 is 0 Å². The van der Waals surface area contributed by atoms with Crippen LogP contribution in [-0.4, -0.2) is 22.3 Å². The molecule has 0 saturated heterocycles. The number of ketones is 2. The van der Waals surface area contributed by atoms with Gasteiger partial charge in [0.05, 0.1) is 5.92 Å². The zero-order valence-electron chi connectivity index (χ0n) is 15.1. The van der Waals surface area contributed by atoms with E-state index in [4.69, 9.17) is 4.74 Å². The Labute approximate surface area is 144 Å². The van der Waals surface area contributed by atoms with Gasteiger partial charge in [0, 0.05) is 6.42 Å². The molecule has 0 aliphatic carbocycles. The van der Waals surface area contributed by atoms with Crippen LogP contribution in [0.1, 0.15) is 75.7 Å². The van der Waals surface area contributed by atoms with Gasteiger partial charge in [0.2, 0.25) is 0 Å². The van der Waals surface area contributed by atoms with Crippen LogP contribution in [0.5, 0.6) is 11.5 Å². The fraction of sp³-hybridized carbons (Fsp3) is 0.600. The Morgan fingerprint density at radius 2 is 2.00 bits per heavy atom. The normalized spacial score (nSPS) is 18.8. The number of hydrogen-bond donors (Lipinski definition) is 1. The monoisotopic (exact) mass is 332 g/mol. The summed E-state index contributed by atoms with van der Waals surface area (Å²) in [5.74, 6) is -0.0337. The van der Waals surface area contributed by atoms with Gasteiger partial charge in [-0.1, -0.05) is 19.8 Å². The quantitative estimate of drug-likeness (QED) is 0.749. The standard InChI is InChI=1S/C20H28O4/c1-5-6-7-8-14-11-16(22)18-17(12-14)24-20(3,4)15(19(18)23)10-9-13(2)21/h11-12,15,22H,5-10H2,1-4H3/t15-/m0/s1. The number of phenols is 1. The van der Waals surface area contributed by atoms with E-state index in [1.807, 2.05) is 19.9 Å². The second-order valence-electron chi connectivity index (χ2n) is 7.31. The lowest BCUT2D eigenvalue weighted by atomic mass is 9.78. The van der Waals surface area contributed by atoms with Gasteiger partial charge in [0.25, 0.3) is 0 Å². The summed E-state index contributed by atoms with van der Waals surface area (Å²) in [5, 5.41) is 10.4. The van der Waals surface area contributed by atoms with Crippen LogP contribution in [0.2, 0.25) is 0 Å². The lowest BCUT2D eigenvalue weighted by Gasteiger charge is -2.39. The predicted molar refractivity (Wildman–Crippen MR) is 93.8 cm³/mol. The molecule has 1 aromatic rings. The average molecular weight is 332 g/mol. The highest BCUT2D eigenvalue weighted by Gasteiger charge is 2.44. The number of Topliss-reactive ketones (excluding diaryl/α,β-unsaturated/α-hetero) is 2. The number of aromatic hydroxyl groups is 1. The third kappa shape index (κ3) is 3.97. The van der Waals surface area contributed by atoms with Crippen molar-refractivity contribution in [1.82, 2.24) is 0 Å². The Hall–Kier alpha value is -1.84. The van der Waals surface area contributed by atoms with Crippen molar-refractivity contribution in [3.63, 3.8) is 0 Å². The zero-order valence-corrected chi connectivity index (χ0v) is 15.1. The van der Waals surface area contributed by atoms with Crippen molar-refractivity contribution < 1.29 is 19.4 Å². The number of phenolic OH excluding ortho intramolecular Hbond substituents is 1. The van der Waals surface area contributed by atoms with Crippen molar-refractivity contribution in [1.29, 1.82) is 0 Å². The van der Waals surface area contributed by atoms with E-state index >= 15 is 0 Å². The summed E-state index contributed by atoms with van der Waals surface area (Å²) in [4.78, 5) is 24.2. The molecule has 2 rings (SSSR count). The van der Waals surface area contributed by atoms with Crippen LogP contribution in [0.4, 0.5) is 0 Å². The van der Waals surface area contributed by atoms with E-state index in [2.05, 4.69) is 6.92 Å². The minimum Gasteiger partial charge on any atom is -0.507 e. The summed E-state index contributed by atoms with van der Waals surface area (Å²) in [5.41, 5.74) is 0.571. The predicted octanol–water partition coefficient (Wildman–Crippen LogP) is 4.46. The van der Waals surface area contributed by atoms with Gasteiger partial charge >= 0.3 is 0 Å². The van der Waals surface area contributed by atoms with E-state index in [0.717, 1.165) is 31.2 Å².